The molecule has 0 atom stereocenters. The first-order valence-electron chi connectivity index (χ1n) is 10.0. The molecule has 0 amide bonds. The second-order valence-corrected chi connectivity index (χ2v) is 7.92. The monoisotopic (exact) mass is 427 g/mol. The number of nitrogens with one attached hydrogen (secondary N) is 4. The molecule has 0 unspecified atom stereocenters. The molecular weight excluding hydrogens is 402 g/mol. The Labute approximate surface area is 180 Å². The van der Waals surface area contributed by atoms with Gasteiger partial charge >= 0.3 is 0 Å². The van der Waals surface area contributed by atoms with Crippen molar-refractivity contribution in [2.24, 2.45) is 0 Å². The fourth-order valence-electron chi connectivity index (χ4n) is 3.71. The molecule has 0 bridgehead atoms. The molecular formula is C21H26ClN7O. The number of halogens is 1. The van der Waals surface area contributed by atoms with Crippen LogP contribution in [0.2, 0.25) is 5.02 Å². The summed E-state index contributed by atoms with van der Waals surface area (Å²) < 4.78 is 5.71. The van der Waals surface area contributed by atoms with Gasteiger partial charge in [-0.05, 0) is 56.8 Å². The van der Waals surface area contributed by atoms with Gasteiger partial charge in [0.1, 0.15) is 10.8 Å². The molecule has 1 aliphatic rings. The van der Waals surface area contributed by atoms with E-state index in [2.05, 4.69) is 49.1 Å². The first-order chi connectivity index (χ1) is 14.5. The third kappa shape index (κ3) is 4.49. The van der Waals surface area contributed by atoms with Crippen LogP contribution < -0.4 is 20.7 Å². The number of rotatable bonds is 6. The van der Waals surface area contributed by atoms with Gasteiger partial charge in [-0.3, -0.25) is 5.10 Å². The smallest absolute Gasteiger partial charge is 0.229 e. The van der Waals surface area contributed by atoms with Gasteiger partial charge in [0.15, 0.2) is 11.6 Å². The highest BCUT2D eigenvalue weighted by Crippen LogP contribution is 2.37. The molecule has 8 nitrogen and oxygen atoms in total. The Morgan fingerprint density at radius 1 is 1.13 bits per heavy atom. The summed E-state index contributed by atoms with van der Waals surface area (Å²) in [6.45, 7) is 6.08. The van der Waals surface area contributed by atoms with E-state index in [0.29, 0.717) is 28.5 Å². The van der Waals surface area contributed by atoms with Crippen LogP contribution in [0.4, 0.5) is 23.3 Å². The zero-order valence-corrected chi connectivity index (χ0v) is 18.1. The molecule has 30 heavy (non-hydrogen) atoms. The molecule has 9 heteroatoms. The Kier molecular flexibility index (Phi) is 6.06. The van der Waals surface area contributed by atoms with Crippen LogP contribution in [-0.2, 0) is 0 Å². The van der Waals surface area contributed by atoms with Crippen molar-refractivity contribution in [1.82, 2.24) is 25.5 Å². The van der Waals surface area contributed by atoms with E-state index in [1.165, 1.54) is 5.56 Å². The van der Waals surface area contributed by atoms with E-state index < -0.39 is 0 Å². The molecule has 0 spiro atoms. The zero-order valence-electron chi connectivity index (χ0n) is 17.3. The van der Waals surface area contributed by atoms with Crippen LogP contribution in [0.15, 0.2) is 24.4 Å². The second kappa shape index (κ2) is 8.89. The topological polar surface area (TPSA) is 99.8 Å². The van der Waals surface area contributed by atoms with Crippen LogP contribution in [0.1, 0.15) is 35.6 Å². The summed E-state index contributed by atoms with van der Waals surface area (Å²) in [6.07, 6.45) is 3.80. The van der Waals surface area contributed by atoms with Crippen LogP contribution in [0.5, 0.6) is 5.75 Å². The van der Waals surface area contributed by atoms with Gasteiger partial charge in [0, 0.05) is 23.5 Å². The molecule has 1 aliphatic heterocycles. The van der Waals surface area contributed by atoms with Crippen LogP contribution in [0.3, 0.4) is 0 Å². The molecule has 1 fully saturated rings. The molecule has 158 valence electrons. The summed E-state index contributed by atoms with van der Waals surface area (Å²) in [5.74, 6) is 2.96. The molecule has 0 aliphatic carbocycles. The molecule has 3 aromatic rings. The van der Waals surface area contributed by atoms with E-state index in [1.54, 1.807) is 13.3 Å². The SMILES string of the molecule is COc1cc(Nc2ncc(Cl)c(Nc3cc(C)[nH]n3)n2)c(C)cc1C1CCNCC1. The molecule has 2 aromatic heterocycles. The highest BCUT2D eigenvalue weighted by molar-refractivity contribution is 6.32. The lowest BCUT2D eigenvalue weighted by atomic mass is 9.88. The van der Waals surface area contributed by atoms with E-state index in [4.69, 9.17) is 16.3 Å². The number of ether oxygens (including phenoxy) is 1. The number of aromatic amines is 1. The number of nitrogens with zero attached hydrogens (tertiary/aromatic N) is 3. The van der Waals surface area contributed by atoms with Crippen LogP contribution >= 0.6 is 11.6 Å². The van der Waals surface area contributed by atoms with Crippen molar-refractivity contribution in [1.29, 1.82) is 0 Å². The van der Waals surface area contributed by atoms with Gasteiger partial charge in [0.2, 0.25) is 5.95 Å². The predicted molar refractivity (Wildman–Crippen MR) is 120 cm³/mol. The number of anilines is 4. The van der Waals surface area contributed by atoms with Gasteiger partial charge in [-0.25, -0.2) is 4.98 Å². The van der Waals surface area contributed by atoms with Crippen molar-refractivity contribution in [2.45, 2.75) is 32.6 Å². The number of aromatic nitrogens is 4. The number of piperidine rings is 1. The standard InChI is InChI=1S/C21H26ClN7O/c1-12-8-15(14-4-6-23-7-5-14)18(30-3)10-17(12)25-21-24-11-16(22)20(27-21)26-19-9-13(2)28-29-19/h8-11,14,23H,4-7H2,1-3H3,(H3,24,25,26,27,28,29). The van der Waals surface area contributed by atoms with E-state index in [9.17, 15) is 0 Å². The van der Waals surface area contributed by atoms with Gasteiger partial charge in [-0.1, -0.05) is 17.7 Å². The van der Waals surface area contributed by atoms with Gasteiger partial charge < -0.3 is 20.7 Å². The van der Waals surface area contributed by atoms with Crippen molar-refractivity contribution in [3.63, 3.8) is 0 Å². The quantitative estimate of drug-likeness (QED) is 0.461. The number of methoxy groups -OCH3 is 1. The minimum absolute atomic E-state index is 0.414. The molecule has 4 N–H and O–H groups in total. The lowest BCUT2D eigenvalue weighted by Gasteiger charge is -2.25. The van der Waals surface area contributed by atoms with E-state index in [1.807, 2.05) is 19.1 Å². The normalized spacial score (nSPS) is 14.5. The number of benzene rings is 1. The highest BCUT2D eigenvalue weighted by Gasteiger charge is 2.20. The minimum Gasteiger partial charge on any atom is -0.496 e. The summed E-state index contributed by atoms with van der Waals surface area (Å²) in [7, 11) is 1.71. The molecule has 1 aromatic carbocycles. The largest absolute Gasteiger partial charge is 0.496 e. The summed E-state index contributed by atoms with van der Waals surface area (Å²) in [5.41, 5.74) is 4.21. The van der Waals surface area contributed by atoms with Gasteiger partial charge in [0.25, 0.3) is 0 Å². The fraction of sp³-hybridized carbons (Fsp3) is 0.381. The van der Waals surface area contributed by atoms with Crippen molar-refractivity contribution in [3.8, 4) is 5.75 Å². The summed E-state index contributed by atoms with van der Waals surface area (Å²) in [4.78, 5) is 8.83. The van der Waals surface area contributed by atoms with E-state index >= 15 is 0 Å². The first kappa shape index (κ1) is 20.4. The Hall–Kier alpha value is -2.84. The Balaban J connectivity index is 1.58. The van der Waals surface area contributed by atoms with Crippen molar-refractivity contribution in [2.75, 3.05) is 30.8 Å². The van der Waals surface area contributed by atoms with Crippen LogP contribution in [-0.4, -0.2) is 40.4 Å². The molecule has 0 radical (unpaired) electrons. The van der Waals surface area contributed by atoms with Crippen molar-refractivity contribution < 1.29 is 4.74 Å². The molecule has 3 heterocycles. The zero-order chi connectivity index (χ0) is 21.1. The number of aryl methyl sites for hydroxylation is 2. The Bertz CT molecular complexity index is 1030. The molecule has 0 saturated carbocycles. The second-order valence-electron chi connectivity index (χ2n) is 7.51. The van der Waals surface area contributed by atoms with Crippen molar-refractivity contribution in [3.05, 3.63) is 46.2 Å². The van der Waals surface area contributed by atoms with Gasteiger partial charge in [-0.2, -0.15) is 10.1 Å². The van der Waals surface area contributed by atoms with Crippen molar-refractivity contribution >= 4 is 34.9 Å². The maximum Gasteiger partial charge on any atom is 0.229 e. The third-order valence-electron chi connectivity index (χ3n) is 5.30. The Morgan fingerprint density at radius 3 is 2.63 bits per heavy atom. The van der Waals surface area contributed by atoms with Crippen LogP contribution in [0.25, 0.3) is 0 Å². The average Bonchev–Trinajstić information content (AvgIpc) is 3.17. The highest BCUT2D eigenvalue weighted by atomic mass is 35.5. The van der Waals surface area contributed by atoms with Crippen LogP contribution in [0, 0.1) is 13.8 Å². The summed E-state index contributed by atoms with van der Waals surface area (Å²) in [6, 6.07) is 6.10. The molecule has 4 rings (SSSR count). The third-order valence-corrected chi connectivity index (χ3v) is 5.58. The molecule has 1 saturated heterocycles. The summed E-state index contributed by atoms with van der Waals surface area (Å²) in [5, 5.41) is 17.3. The Morgan fingerprint density at radius 2 is 1.93 bits per heavy atom. The number of H-pyrrole nitrogens is 1. The number of hydrogen-bond donors (Lipinski definition) is 4. The lowest BCUT2D eigenvalue weighted by Crippen LogP contribution is -2.26. The first-order valence-corrected chi connectivity index (χ1v) is 10.4. The summed E-state index contributed by atoms with van der Waals surface area (Å²) >= 11 is 6.26. The van der Waals surface area contributed by atoms with Gasteiger partial charge in [0.05, 0.1) is 13.3 Å². The maximum atomic E-state index is 6.26. The average molecular weight is 428 g/mol. The van der Waals surface area contributed by atoms with E-state index in [-0.39, 0.29) is 0 Å². The lowest BCUT2D eigenvalue weighted by molar-refractivity contribution is 0.391. The predicted octanol–water partition coefficient (Wildman–Crippen LogP) is 4.43. The van der Waals surface area contributed by atoms with E-state index in [0.717, 1.165) is 48.6 Å². The van der Waals surface area contributed by atoms with Gasteiger partial charge in [-0.15, -0.1) is 0 Å². The number of hydrogen-bond acceptors (Lipinski definition) is 7. The maximum absolute atomic E-state index is 6.26. The minimum atomic E-state index is 0.414. The fourth-order valence-corrected chi connectivity index (χ4v) is 3.85.